The minimum Gasteiger partial charge on any atom is -0.388 e. The molecule has 2 aromatic rings. The highest BCUT2D eigenvalue weighted by atomic mass is 16.3. The van der Waals surface area contributed by atoms with Crippen molar-refractivity contribution < 1.29 is 9.90 Å². The van der Waals surface area contributed by atoms with Gasteiger partial charge in [0, 0.05) is 12.2 Å². The third-order valence-electron chi connectivity index (χ3n) is 4.76. The average molecular weight is 342 g/mol. The topological polar surface area (TPSA) is 82.2 Å². The van der Waals surface area contributed by atoms with Crippen LogP contribution in [-0.4, -0.2) is 28.1 Å². The number of benzene rings is 1. The second-order valence-electron chi connectivity index (χ2n) is 6.83. The summed E-state index contributed by atoms with van der Waals surface area (Å²) in [7, 11) is 0. The molecule has 2 rings (SSSR count). The van der Waals surface area contributed by atoms with Crippen molar-refractivity contribution in [3.8, 4) is 11.3 Å². The van der Waals surface area contributed by atoms with Crippen LogP contribution < -0.4 is 10.9 Å². The first-order chi connectivity index (χ1) is 11.7. The zero-order valence-corrected chi connectivity index (χ0v) is 15.2. The number of hydrogen-bond donors (Lipinski definition) is 3. The van der Waals surface area contributed by atoms with Gasteiger partial charge in [0.15, 0.2) is 0 Å². The summed E-state index contributed by atoms with van der Waals surface area (Å²) in [6, 6.07) is 11.0. The lowest BCUT2D eigenvalue weighted by atomic mass is 9.88. The van der Waals surface area contributed by atoms with Crippen molar-refractivity contribution in [1.82, 2.24) is 10.3 Å². The Labute approximate surface area is 148 Å². The quantitative estimate of drug-likeness (QED) is 0.755. The van der Waals surface area contributed by atoms with Gasteiger partial charge in [-0.3, -0.25) is 9.59 Å². The fraction of sp³-hybridized carbons (Fsp3) is 0.400. The van der Waals surface area contributed by atoms with E-state index in [1.165, 1.54) is 6.07 Å². The molecule has 0 saturated heterocycles. The number of H-pyrrole nitrogens is 1. The number of aromatic nitrogens is 1. The maximum atomic E-state index is 12.3. The van der Waals surface area contributed by atoms with E-state index in [4.69, 9.17) is 0 Å². The Kier molecular flexibility index (Phi) is 5.80. The van der Waals surface area contributed by atoms with E-state index >= 15 is 0 Å². The molecule has 1 aromatic heterocycles. The van der Waals surface area contributed by atoms with Crippen molar-refractivity contribution in [1.29, 1.82) is 0 Å². The number of aryl methyl sites for hydroxylation is 1. The Morgan fingerprint density at radius 2 is 2.04 bits per heavy atom. The van der Waals surface area contributed by atoms with Gasteiger partial charge in [-0.15, -0.1) is 0 Å². The van der Waals surface area contributed by atoms with E-state index < -0.39 is 17.1 Å². The largest absolute Gasteiger partial charge is 0.388 e. The molecule has 0 saturated carbocycles. The number of aromatic amines is 1. The van der Waals surface area contributed by atoms with Crippen LogP contribution in [0.3, 0.4) is 0 Å². The molecule has 0 radical (unpaired) electrons. The molecule has 5 heteroatoms. The first kappa shape index (κ1) is 18.9. The van der Waals surface area contributed by atoms with Gasteiger partial charge in [-0.2, -0.15) is 0 Å². The molecule has 0 aliphatic rings. The second-order valence-corrected chi connectivity index (χ2v) is 6.83. The zero-order chi connectivity index (χ0) is 18.6. The van der Waals surface area contributed by atoms with Gasteiger partial charge >= 0.3 is 0 Å². The van der Waals surface area contributed by atoms with E-state index in [-0.39, 0.29) is 18.0 Å². The molecule has 0 aliphatic carbocycles. The average Bonchev–Trinajstić information content (AvgIpc) is 2.58. The minimum atomic E-state index is -1.02. The molecule has 2 atom stereocenters. The number of nitrogens with one attached hydrogen (secondary N) is 2. The first-order valence-corrected chi connectivity index (χ1v) is 8.55. The SMILES string of the molecule is CC[C@H](C)[C@](C)(O)CNC(=O)c1ccc(-c2cccc(C)c2)[nH]c1=O. The van der Waals surface area contributed by atoms with Crippen molar-refractivity contribution in [2.45, 2.75) is 39.7 Å². The number of rotatable bonds is 6. The molecular formula is C20H26N2O3. The van der Waals surface area contributed by atoms with Crippen LogP contribution in [0.1, 0.15) is 43.1 Å². The Morgan fingerprint density at radius 3 is 2.64 bits per heavy atom. The Hall–Kier alpha value is -2.40. The lowest BCUT2D eigenvalue weighted by Gasteiger charge is -2.29. The third-order valence-corrected chi connectivity index (χ3v) is 4.76. The molecule has 0 unspecified atom stereocenters. The van der Waals surface area contributed by atoms with Crippen molar-refractivity contribution in [2.75, 3.05) is 6.54 Å². The number of aliphatic hydroxyl groups is 1. The first-order valence-electron chi connectivity index (χ1n) is 8.55. The maximum absolute atomic E-state index is 12.3. The van der Waals surface area contributed by atoms with Gasteiger partial charge in [0.05, 0.1) is 5.60 Å². The number of pyridine rings is 1. The fourth-order valence-corrected chi connectivity index (χ4v) is 2.60. The number of carbonyl (C=O) groups is 1. The monoisotopic (exact) mass is 342 g/mol. The summed E-state index contributed by atoms with van der Waals surface area (Å²) in [5.41, 5.74) is 1.22. The molecule has 3 N–H and O–H groups in total. The van der Waals surface area contributed by atoms with E-state index in [1.54, 1.807) is 13.0 Å². The maximum Gasteiger partial charge on any atom is 0.261 e. The summed E-state index contributed by atoms with van der Waals surface area (Å²) >= 11 is 0. The fourth-order valence-electron chi connectivity index (χ4n) is 2.60. The predicted octanol–water partition coefficient (Wildman–Crippen LogP) is 2.88. The summed E-state index contributed by atoms with van der Waals surface area (Å²) in [5, 5.41) is 13.0. The molecule has 1 heterocycles. The van der Waals surface area contributed by atoms with Crippen LogP contribution in [0.5, 0.6) is 0 Å². The van der Waals surface area contributed by atoms with E-state index in [0.717, 1.165) is 17.5 Å². The van der Waals surface area contributed by atoms with Crippen molar-refractivity contribution >= 4 is 5.91 Å². The van der Waals surface area contributed by atoms with E-state index in [9.17, 15) is 14.7 Å². The van der Waals surface area contributed by atoms with Crippen LogP contribution >= 0.6 is 0 Å². The van der Waals surface area contributed by atoms with Gasteiger partial charge in [-0.05, 0) is 43.5 Å². The van der Waals surface area contributed by atoms with E-state index in [0.29, 0.717) is 5.69 Å². The zero-order valence-electron chi connectivity index (χ0n) is 15.2. The third kappa shape index (κ3) is 4.57. The Bertz CT molecular complexity index is 809. The minimum absolute atomic E-state index is 0.0368. The van der Waals surface area contributed by atoms with Gasteiger partial charge in [0.25, 0.3) is 11.5 Å². The van der Waals surface area contributed by atoms with Crippen LogP contribution in [0, 0.1) is 12.8 Å². The predicted molar refractivity (Wildman–Crippen MR) is 99.6 cm³/mol. The molecular weight excluding hydrogens is 316 g/mol. The highest BCUT2D eigenvalue weighted by Crippen LogP contribution is 2.19. The van der Waals surface area contributed by atoms with Crippen LogP contribution in [0.2, 0.25) is 0 Å². The van der Waals surface area contributed by atoms with Crippen LogP contribution in [0.4, 0.5) is 0 Å². The molecule has 1 aromatic carbocycles. The van der Waals surface area contributed by atoms with Gasteiger partial charge < -0.3 is 15.4 Å². The Balaban J connectivity index is 2.15. The van der Waals surface area contributed by atoms with E-state index in [1.807, 2.05) is 45.0 Å². The normalized spacial score (nSPS) is 14.6. The molecule has 0 fully saturated rings. The summed E-state index contributed by atoms with van der Waals surface area (Å²) in [6.07, 6.45) is 0.800. The summed E-state index contributed by atoms with van der Waals surface area (Å²) in [4.78, 5) is 27.3. The Morgan fingerprint density at radius 1 is 1.32 bits per heavy atom. The molecule has 1 amide bonds. The van der Waals surface area contributed by atoms with Crippen molar-refractivity contribution in [2.24, 2.45) is 5.92 Å². The smallest absolute Gasteiger partial charge is 0.261 e. The summed E-state index contributed by atoms with van der Waals surface area (Å²) in [5.74, 6) is -0.449. The molecule has 0 bridgehead atoms. The van der Waals surface area contributed by atoms with E-state index in [2.05, 4.69) is 10.3 Å². The highest BCUT2D eigenvalue weighted by molar-refractivity contribution is 5.94. The molecule has 134 valence electrons. The lowest BCUT2D eigenvalue weighted by Crippen LogP contribution is -2.45. The van der Waals surface area contributed by atoms with Crippen molar-refractivity contribution in [3.05, 3.63) is 57.9 Å². The van der Waals surface area contributed by atoms with Gasteiger partial charge in [-0.25, -0.2) is 0 Å². The number of carbonyl (C=O) groups excluding carboxylic acids is 1. The second kappa shape index (κ2) is 7.66. The van der Waals surface area contributed by atoms with Gasteiger partial charge in [-0.1, -0.05) is 44.0 Å². The molecule has 5 nitrogen and oxygen atoms in total. The van der Waals surface area contributed by atoms with Crippen LogP contribution in [-0.2, 0) is 0 Å². The molecule has 0 spiro atoms. The highest BCUT2D eigenvalue weighted by Gasteiger charge is 2.27. The summed E-state index contributed by atoms with van der Waals surface area (Å²) < 4.78 is 0. The van der Waals surface area contributed by atoms with Gasteiger partial charge in [0.1, 0.15) is 5.56 Å². The molecule has 25 heavy (non-hydrogen) atoms. The summed E-state index contributed by atoms with van der Waals surface area (Å²) in [6.45, 7) is 7.67. The van der Waals surface area contributed by atoms with Crippen molar-refractivity contribution in [3.63, 3.8) is 0 Å². The van der Waals surface area contributed by atoms with Gasteiger partial charge in [0.2, 0.25) is 0 Å². The number of amides is 1. The lowest BCUT2D eigenvalue weighted by molar-refractivity contribution is 0.00591. The van der Waals surface area contributed by atoms with Crippen LogP contribution in [0.25, 0.3) is 11.3 Å². The standard InChI is InChI=1S/C20H26N2O3/c1-5-14(3)20(4,25)12-21-18(23)16-9-10-17(22-19(16)24)15-8-6-7-13(2)11-15/h6-11,14,25H,5,12H2,1-4H3,(H,21,23)(H,22,24)/t14-,20+/m0/s1. The van der Waals surface area contributed by atoms with Crippen LogP contribution in [0.15, 0.2) is 41.2 Å². The number of hydrogen-bond acceptors (Lipinski definition) is 3. The molecule has 0 aliphatic heterocycles.